The molecule has 0 fully saturated rings. The van der Waals surface area contributed by atoms with E-state index in [1.807, 2.05) is 42.5 Å². The highest BCUT2D eigenvalue weighted by Gasteiger charge is 2.24. The second kappa shape index (κ2) is 9.32. The summed E-state index contributed by atoms with van der Waals surface area (Å²) in [6.07, 6.45) is 5.47. The minimum atomic E-state index is -3.76. The summed E-state index contributed by atoms with van der Waals surface area (Å²) < 4.78 is 26.4. The topological polar surface area (TPSA) is 79.4 Å². The fraction of sp³-hybridized carbons (Fsp3) is 0.100. The Balaban J connectivity index is 1.64. The highest BCUT2D eigenvalue weighted by molar-refractivity contribution is 7.91. The van der Waals surface area contributed by atoms with Gasteiger partial charge >= 0.3 is 0 Å². The van der Waals surface area contributed by atoms with E-state index in [1.54, 1.807) is 18.3 Å². The van der Waals surface area contributed by atoms with Gasteiger partial charge in [-0.25, -0.2) is 8.42 Å². The Bertz CT molecular complexity index is 1130. The number of pyridine rings is 1. The van der Waals surface area contributed by atoms with Crippen molar-refractivity contribution >= 4 is 56.7 Å². The second-order valence-electron chi connectivity index (χ2n) is 6.08. The summed E-state index contributed by atoms with van der Waals surface area (Å²) in [7, 11) is -2.41. The molecule has 9 heteroatoms. The van der Waals surface area contributed by atoms with Gasteiger partial charge in [0.2, 0.25) is 5.91 Å². The maximum absolute atomic E-state index is 12.5. The van der Waals surface area contributed by atoms with Crippen molar-refractivity contribution in [2.24, 2.45) is 0 Å². The Morgan fingerprint density at radius 3 is 2.69 bits per heavy atom. The van der Waals surface area contributed by atoms with Gasteiger partial charge in [0.25, 0.3) is 10.0 Å². The van der Waals surface area contributed by atoms with Crippen molar-refractivity contribution in [3.05, 3.63) is 76.4 Å². The second-order valence-corrected chi connectivity index (χ2v) is 10.1. The SMILES string of the molecule is CN(CC(=O)Nc1cccc(/C=C/c2ccccn2)c1)S(=O)(=O)c1ccc(Cl)s1. The molecule has 0 bridgehead atoms. The zero-order valence-electron chi connectivity index (χ0n) is 15.4. The number of thiophene rings is 1. The zero-order chi connectivity index (χ0) is 20.9. The third-order valence-corrected chi connectivity index (χ3v) is 7.39. The molecule has 0 atom stereocenters. The zero-order valence-corrected chi connectivity index (χ0v) is 17.8. The first-order valence-corrected chi connectivity index (χ1v) is 11.2. The van der Waals surface area contributed by atoms with E-state index in [9.17, 15) is 13.2 Å². The van der Waals surface area contributed by atoms with E-state index in [2.05, 4.69) is 10.3 Å². The fourth-order valence-corrected chi connectivity index (χ4v) is 5.27. The average molecular weight is 448 g/mol. The van der Waals surface area contributed by atoms with Gasteiger partial charge in [0.05, 0.1) is 16.6 Å². The van der Waals surface area contributed by atoms with E-state index < -0.39 is 15.9 Å². The van der Waals surface area contributed by atoms with Crippen molar-refractivity contribution in [1.29, 1.82) is 0 Å². The van der Waals surface area contributed by atoms with Crippen LogP contribution in [0.2, 0.25) is 4.34 Å². The normalized spacial score (nSPS) is 11.8. The number of sulfonamides is 1. The van der Waals surface area contributed by atoms with Crippen LogP contribution in [0.15, 0.2) is 65.0 Å². The van der Waals surface area contributed by atoms with Crippen molar-refractivity contribution in [3.8, 4) is 0 Å². The monoisotopic (exact) mass is 447 g/mol. The Hall–Kier alpha value is -2.52. The molecule has 6 nitrogen and oxygen atoms in total. The van der Waals surface area contributed by atoms with E-state index in [-0.39, 0.29) is 10.8 Å². The summed E-state index contributed by atoms with van der Waals surface area (Å²) in [5, 5.41) is 2.72. The van der Waals surface area contributed by atoms with Gasteiger partial charge in [-0.2, -0.15) is 4.31 Å². The number of hydrogen-bond donors (Lipinski definition) is 1. The Labute approximate surface area is 178 Å². The molecule has 2 heterocycles. The third kappa shape index (κ3) is 5.74. The fourth-order valence-electron chi connectivity index (χ4n) is 2.45. The summed E-state index contributed by atoms with van der Waals surface area (Å²) in [5.41, 5.74) is 2.27. The lowest BCUT2D eigenvalue weighted by molar-refractivity contribution is -0.116. The minimum Gasteiger partial charge on any atom is -0.325 e. The molecule has 0 saturated carbocycles. The van der Waals surface area contributed by atoms with Crippen LogP contribution in [0.25, 0.3) is 12.2 Å². The number of hydrogen-bond acceptors (Lipinski definition) is 5. The first-order chi connectivity index (χ1) is 13.8. The van der Waals surface area contributed by atoms with Crippen molar-refractivity contribution in [2.75, 3.05) is 18.9 Å². The number of amides is 1. The number of halogens is 1. The first-order valence-electron chi connectivity index (χ1n) is 8.55. The van der Waals surface area contributed by atoms with Gasteiger partial charge in [0, 0.05) is 18.9 Å². The summed E-state index contributed by atoms with van der Waals surface area (Å²) in [5.74, 6) is -0.440. The molecule has 2 aromatic heterocycles. The number of carbonyl (C=O) groups is 1. The predicted molar refractivity (Wildman–Crippen MR) is 117 cm³/mol. The number of nitrogens with one attached hydrogen (secondary N) is 1. The summed E-state index contributed by atoms with van der Waals surface area (Å²) >= 11 is 6.76. The van der Waals surface area contributed by atoms with Gasteiger partial charge in [0.15, 0.2) is 0 Å². The number of carbonyl (C=O) groups excluding carboxylic acids is 1. The molecular weight excluding hydrogens is 430 g/mol. The van der Waals surface area contributed by atoms with E-state index in [0.29, 0.717) is 10.0 Å². The molecule has 150 valence electrons. The molecule has 0 aliphatic heterocycles. The number of anilines is 1. The van der Waals surface area contributed by atoms with Crippen molar-refractivity contribution in [1.82, 2.24) is 9.29 Å². The van der Waals surface area contributed by atoms with Gasteiger partial charge < -0.3 is 5.32 Å². The predicted octanol–water partition coefficient (Wildman–Crippen LogP) is 4.23. The first kappa shape index (κ1) is 21.2. The highest BCUT2D eigenvalue weighted by atomic mass is 35.5. The smallest absolute Gasteiger partial charge is 0.252 e. The number of benzene rings is 1. The molecule has 0 aliphatic carbocycles. The molecule has 1 N–H and O–H groups in total. The van der Waals surface area contributed by atoms with E-state index >= 15 is 0 Å². The molecule has 0 radical (unpaired) electrons. The number of aromatic nitrogens is 1. The lowest BCUT2D eigenvalue weighted by Gasteiger charge is -2.15. The highest BCUT2D eigenvalue weighted by Crippen LogP contribution is 2.27. The summed E-state index contributed by atoms with van der Waals surface area (Å²) in [6.45, 7) is -0.314. The summed E-state index contributed by atoms with van der Waals surface area (Å²) in [4.78, 5) is 16.5. The number of nitrogens with zero attached hydrogens (tertiary/aromatic N) is 2. The van der Waals surface area contributed by atoms with Crippen LogP contribution in [0.1, 0.15) is 11.3 Å². The maximum atomic E-state index is 12.5. The third-order valence-electron chi connectivity index (χ3n) is 3.88. The van der Waals surface area contributed by atoms with Gasteiger partial charge in [-0.1, -0.05) is 35.9 Å². The van der Waals surface area contributed by atoms with Crippen LogP contribution in [-0.4, -0.2) is 37.2 Å². The van der Waals surface area contributed by atoms with Crippen LogP contribution >= 0.6 is 22.9 Å². The van der Waals surface area contributed by atoms with Crippen molar-refractivity contribution < 1.29 is 13.2 Å². The largest absolute Gasteiger partial charge is 0.325 e. The molecule has 1 aromatic carbocycles. The lowest BCUT2D eigenvalue weighted by atomic mass is 10.1. The van der Waals surface area contributed by atoms with Crippen LogP contribution in [0.4, 0.5) is 5.69 Å². The van der Waals surface area contributed by atoms with Crippen molar-refractivity contribution in [3.63, 3.8) is 0 Å². The van der Waals surface area contributed by atoms with Crippen molar-refractivity contribution in [2.45, 2.75) is 4.21 Å². The maximum Gasteiger partial charge on any atom is 0.252 e. The molecule has 0 unspecified atom stereocenters. The Kier molecular flexibility index (Phi) is 6.81. The molecule has 1 amide bonds. The van der Waals surface area contributed by atoms with Crippen LogP contribution in [0, 0.1) is 0 Å². The molecule has 3 aromatic rings. The molecule has 0 spiro atoms. The van der Waals surface area contributed by atoms with Gasteiger partial charge in [0.1, 0.15) is 4.21 Å². The van der Waals surface area contributed by atoms with Gasteiger partial charge in [-0.3, -0.25) is 9.78 Å². The molecular formula is C20H18ClN3O3S2. The van der Waals surface area contributed by atoms with Crippen LogP contribution in [-0.2, 0) is 14.8 Å². The Morgan fingerprint density at radius 2 is 2.00 bits per heavy atom. The molecule has 0 aliphatic rings. The summed E-state index contributed by atoms with van der Waals surface area (Å²) in [6, 6.07) is 15.8. The van der Waals surface area contributed by atoms with E-state index in [1.165, 1.54) is 19.2 Å². The molecule has 29 heavy (non-hydrogen) atoms. The molecule has 3 rings (SSSR count). The number of rotatable bonds is 7. The Morgan fingerprint density at radius 1 is 1.17 bits per heavy atom. The van der Waals surface area contributed by atoms with Crippen LogP contribution in [0.5, 0.6) is 0 Å². The van der Waals surface area contributed by atoms with Gasteiger partial charge in [-0.15, -0.1) is 11.3 Å². The molecule has 0 saturated heterocycles. The van der Waals surface area contributed by atoms with Gasteiger partial charge in [-0.05, 0) is 48.0 Å². The standard InChI is InChI=1S/C20H18ClN3O3S2/c1-24(29(26,27)20-11-10-18(21)28-20)14-19(25)23-17-7-4-5-15(13-17)8-9-16-6-2-3-12-22-16/h2-13H,14H2,1H3,(H,23,25)/b9-8+. The van der Waals surface area contributed by atoms with Crippen LogP contribution in [0.3, 0.4) is 0 Å². The quantitative estimate of drug-likeness (QED) is 0.587. The lowest BCUT2D eigenvalue weighted by Crippen LogP contribution is -2.34. The average Bonchev–Trinajstić information content (AvgIpc) is 3.14. The number of likely N-dealkylation sites (N-methyl/N-ethyl adjacent to an activating group) is 1. The van der Waals surface area contributed by atoms with E-state index in [4.69, 9.17) is 11.6 Å². The minimum absolute atomic E-state index is 0.0967. The van der Waals surface area contributed by atoms with Crippen LogP contribution < -0.4 is 5.32 Å². The van der Waals surface area contributed by atoms with E-state index in [0.717, 1.165) is 26.9 Å².